The van der Waals surface area contributed by atoms with Gasteiger partial charge in [-0.2, -0.15) is 0 Å². The van der Waals surface area contributed by atoms with E-state index in [0.717, 1.165) is 0 Å². The lowest BCUT2D eigenvalue weighted by atomic mass is 10.3. The third-order valence-corrected chi connectivity index (χ3v) is 4.44. The van der Waals surface area contributed by atoms with Gasteiger partial charge in [0.15, 0.2) is 0 Å². The second kappa shape index (κ2) is 5.90. The number of anilines is 2. The van der Waals surface area contributed by atoms with Crippen LogP contribution in [-0.4, -0.2) is 25.1 Å². The topological polar surface area (TPSA) is 97.1 Å². The molecule has 2 rings (SSSR count). The summed E-state index contributed by atoms with van der Waals surface area (Å²) in [5.41, 5.74) is 1.24. The van der Waals surface area contributed by atoms with E-state index in [0.29, 0.717) is 23.6 Å². The second-order valence-electron chi connectivity index (χ2n) is 4.36. The number of aromatic nitrogens is 2. The molecule has 0 bridgehead atoms. The first-order chi connectivity index (χ1) is 9.85. The first-order valence-electron chi connectivity index (χ1n) is 6.20. The minimum atomic E-state index is -3.84. The van der Waals surface area contributed by atoms with Gasteiger partial charge in [0.05, 0.1) is 10.7 Å². The van der Waals surface area contributed by atoms with Crippen molar-refractivity contribution >= 4 is 33.3 Å². The number of aryl methyl sites for hydroxylation is 1. The maximum atomic E-state index is 12.3. The zero-order valence-corrected chi connectivity index (χ0v) is 13.3. The van der Waals surface area contributed by atoms with Crippen LogP contribution in [0.3, 0.4) is 0 Å². The highest BCUT2D eigenvalue weighted by atomic mass is 35.5. The standard InChI is InChI=1S/C12H15ClN4O3S/c1-4-14-11-10(13)5-9(6-15-11)21(18,19)17-12-7(2)8(3)16-20-12/h5-6,17H,4H2,1-3H3,(H,14,15). The maximum absolute atomic E-state index is 12.3. The number of nitrogens with one attached hydrogen (secondary N) is 2. The van der Waals surface area contributed by atoms with Crippen molar-refractivity contribution in [3.63, 3.8) is 0 Å². The molecule has 0 fully saturated rings. The molecule has 21 heavy (non-hydrogen) atoms. The van der Waals surface area contributed by atoms with E-state index in [1.54, 1.807) is 13.8 Å². The highest BCUT2D eigenvalue weighted by Crippen LogP contribution is 2.25. The van der Waals surface area contributed by atoms with Gasteiger partial charge < -0.3 is 9.84 Å². The number of hydrogen-bond acceptors (Lipinski definition) is 6. The van der Waals surface area contributed by atoms with E-state index in [9.17, 15) is 8.42 Å². The smallest absolute Gasteiger partial charge is 0.265 e. The Morgan fingerprint density at radius 3 is 2.62 bits per heavy atom. The fourth-order valence-electron chi connectivity index (χ4n) is 1.56. The number of rotatable bonds is 5. The van der Waals surface area contributed by atoms with Crippen LogP contribution in [-0.2, 0) is 10.0 Å². The van der Waals surface area contributed by atoms with Crippen molar-refractivity contribution in [2.24, 2.45) is 0 Å². The molecule has 9 heteroatoms. The number of pyridine rings is 1. The Balaban J connectivity index is 2.31. The largest absolute Gasteiger partial charge is 0.369 e. The average molecular weight is 331 g/mol. The van der Waals surface area contributed by atoms with Gasteiger partial charge in [0.1, 0.15) is 10.7 Å². The molecular weight excluding hydrogens is 316 g/mol. The van der Waals surface area contributed by atoms with E-state index in [1.807, 2.05) is 6.92 Å². The summed E-state index contributed by atoms with van der Waals surface area (Å²) in [5.74, 6) is 0.518. The van der Waals surface area contributed by atoms with Crippen molar-refractivity contribution in [1.82, 2.24) is 10.1 Å². The Bertz CT molecular complexity index is 758. The molecule has 0 aliphatic rings. The maximum Gasteiger partial charge on any atom is 0.265 e. The molecule has 0 atom stereocenters. The van der Waals surface area contributed by atoms with E-state index in [2.05, 4.69) is 20.2 Å². The molecule has 2 heterocycles. The normalized spacial score (nSPS) is 11.4. The van der Waals surface area contributed by atoms with Crippen LogP contribution in [0.1, 0.15) is 18.2 Å². The van der Waals surface area contributed by atoms with Gasteiger partial charge in [-0.1, -0.05) is 16.8 Å². The number of hydrogen-bond donors (Lipinski definition) is 2. The summed E-state index contributed by atoms with van der Waals surface area (Å²) in [7, 11) is -3.84. The Hall–Kier alpha value is -1.80. The lowest BCUT2D eigenvalue weighted by Gasteiger charge is -2.08. The zero-order valence-electron chi connectivity index (χ0n) is 11.8. The van der Waals surface area contributed by atoms with Crippen molar-refractivity contribution in [3.8, 4) is 0 Å². The van der Waals surface area contributed by atoms with Gasteiger partial charge in [0.25, 0.3) is 10.0 Å². The van der Waals surface area contributed by atoms with Crippen LogP contribution >= 0.6 is 11.6 Å². The third kappa shape index (κ3) is 3.27. The zero-order chi connectivity index (χ0) is 15.6. The fraction of sp³-hybridized carbons (Fsp3) is 0.333. The Kier molecular flexibility index (Phi) is 4.38. The molecule has 0 saturated heterocycles. The van der Waals surface area contributed by atoms with Crippen LogP contribution < -0.4 is 10.0 Å². The van der Waals surface area contributed by atoms with Gasteiger partial charge in [-0.15, -0.1) is 0 Å². The van der Waals surface area contributed by atoms with Gasteiger partial charge in [0, 0.05) is 18.3 Å². The summed E-state index contributed by atoms with van der Waals surface area (Å²) in [6.07, 6.45) is 1.23. The Labute approximate surface area is 127 Å². The van der Waals surface area contributed by atoms with Crippen LogP contribution in [0.5, 0.6) is 0 Å². The van der Waals surface area contributed by atoms with Crippen molar-refractivity contribution in [3.05, 3.63) is 28.5 Å². The molecule has 7 nitrogen and oxygen atoms in total. The third-order valence-electron chi connectivity index (χ3n) is 2.85. The van der Waals surface area contributed by atoms with Crippen LogP contribution in [0.4, 0.5) is 11.7 Å². The summed E-state index contributed by atoms with van der Waals surface area (Å²) in [6, 6.07) is 1.33. The van der Waals surface area contributed by atoms with Crippen molar-refractivity contribution in [1.29, 1.82) is 0 Å². The molecule has 0 spiro atoms. The lowest BCUT2D eigenvalue weighted by Crippen LogP contribution is -2.14. The first kappa shape index (κ1) is 15.6. The number of sulfonamides is 1. The van der Waals surface area contributed by atoms with Crippen LogP contribution in [0.2, 0.25) is 5.02 Å². The van der Waals surface area contributed by atoms with Crippen LogP contribution in [0, 0.1) is 13.8 Å². The summed E-state index contributed by atoms with van der Waals surface area (Å²) >= 11 is 6.00. The minimum Gasteiger partial charge on any atom is -0.369 e. The van der Waals surface area contributed by atoms with E-state index in [1.165, 1.54) is 12.3 Å². The van der Waals surface area contributed by atoms with Gasteiger partial charge in [-0.25, -0.2) is 18.1 Å². The van der Waals surface area contributed by atoms with Crippen LogP contribution in [0.15, 0.2) is 21.7 Å². The minimum absolute atomic E-state index is 0.0531. The van der Waals surface area contributed by atoms with Gasteiger partial charge in [-0.3, -0.25) is 0 Å². The van der Waals surface area contributed by atoms with Crippen molar-refractivity contribution in [2.45, 2.75) is 25.7 Å². The summed E-state index contributed by atoms with van der Waals surface area (Å²) in [4.78, 5) is 3.94. The molecule has 114 valence electrons. The van der Waals surface area contributed by atoms with Crippen molar-refractivity contribution in [2.75, 3.05) is 16.6 Å². The molecule has 2 aromatic heterocycles. The van der Waals surface area contributed by atoms with Crippen molar-refractivity contribution < 1.29 is 12.9 Å². The first-order valence-corrected chi connectivity index (χ1v) is 8.06. The molecule has 0 aliphatic carbocycles. The highest BCUT2D eigenvalue weighted by molar-refractivity contribution is 7.92. The van der Waals surface area contributed by atoms with E-state index < -0.39 is 10.0 Å². The summed E-state index contributed by atoms with van der Waals surface area (Å²) in [5, 5.41) is 6.85. The van der Waals surface area contributed by atoms with Gasteiger partial charge in [0.2, 0.25) is 5.88 Å². The molecule has 0 amide bonds. The van der Waals surface area contributed by atoms with Gasteiger partial charge in [-0.05, 0) is 26.8 Å². The predicted octanol–water partition coefficient (Wildman–Crippen LogP) is 2.57. The molecule has 0 aromatic carbocycles. The average Bonchev–Trinajstić information content (AvgIpc) is 2.73. The summed E-state index contributed by atoms with van der Waals surface area (Å²) in [6.45, 7) is 5.95. The van der Waals surface area contributed by atoms with E-state index in [-0.39, 0.29) is 15.8 Å². The molecule has 0 unspecified atom stereocenters. The van der Waals surface area contributed by atoms with E-state index >= 15 is 0 Å². The molecule has 2 aromatic rings. The van der Waals surface area contributed by atoms with Gasteiger partial charge >= 0.3 is 0 Å². The molecule has 0 radical (unpaired) electrons. The van der Waals surface area contributed by atoms with Crippen LogP contribution in [0.25, 0.3) is 0 Å². The fourth-order valence-corrected chi connectivity index (χ4v) is 2.87. The lowest BCUT2D eigenvalue weighted by molar-refractivity contribution is 0.430. The Morgan fingerprint density at radius 1 is 1.38 bits per heavy atom. The SMILES string of the molecule is CCNc1ncc(S(=O)(=O)Nc2onc(C)c2C)cc1Cl. The molecule has 0 aliphatic heterocycles. The molecular formula is C12H15ClN4O3S. The van der Waals surface area contributed by atoms with E-state index in [4.69, 9.17) is 16.1 Å². The monoisotopic (exact) mass is 330 g/mol. The number of halogens is 1. The second-order valence-corrected chi connectivity index (χ2v) is 6.45. The predicted molar refractivity (Wildman–Crippen MR) is 80.2 cm³/mol. The number of nitrogens with zero attached hydrogens (tertiary/aromatic N) is 2. The highest BCUT2D eigenvalue weighted by Gasteiger charge is 2.20. The summed E-state index contributed by atoms with van der Waals surface area (Å²) < 4.78 is 31.8. The molecule has 2 N–H and O–H groups in total. The quantitative estimate of drug-likeness (QED) is 0.874. The Morgan fingerprint density at radius 2 is 2.10 bits per heavy atom. The molecule has 0 saturated carbocycles.